The minimum absolute atomic E-state index is 0.109. The number of nitrogens with one attached hydrogen (secondary N) is 1. The van der Waals surface area contributed by atoms with Crippen LogP contribution in [0.1, 0.15) is 18.4 Å². The number of rotatable bonds is 5. The van der Waals surface area contributed by atoms with Crippen LogP contribution in [0.25, 0.3) is 10.9 Å². The highest BCUT2D eigenvalue weighted by Gasteiger charge is 2.08. The number of H-pyrrole nitrogens is 1. The highest BCUT2D eigenvalue weighted by atomic mass is 16.2. The van der Waals surface area contributed by atoms with Crippen LogP contribution in [0.15, 0.2) is 30.5 Å². The molecule has 1 heterocycles. The van der Waals surface area contributed by atoms with Gasteiger partial charge in [-0.25, -0.2) is 0 Å². The van der Waals surface area contributed by atoms with E-state index in [4.69, 9.17) is 6.42 Å². The summed E-state index contributed by atoms with van der Waals surface area (Å²) < 4.78 is 0. The predicted molar refractivity (Wildman–Crippen MR) is 77.7 cm³/mol. The molecule has 0 aliphatic carbocycles. The molecular formula is C16H18N2O. The first-order valence-electron chi connectivity index (χ1n) is 6.45. The van der Waals surface area contributed by atoms with Gasteiger partial charge in [0.25, 0.3) is 0 Å². The molecule has 19 heavy (non-hydrogen) atoms. The Morgan fingerprint density at radius 1 is 1.42 bits per heavy atom. The van der Waals surface area contributed by atoms with Crippen LogP contribution >= 0.6 is 0 Å². The van der Waals surface area contributed by atoms with Gasteiger partial charge in [-0.15, -0.1) is 6.42 Å². The second-order valence-electron chi connectivity index (χ2n) is 4.67. The highest BCUT2D eigenvalue weighted by Crippen LogP contribution is 2.19. The van der Waals surface area contributed by atoms with Crippen molar-refractivity contribution in [2.75, 3.05) is 13.6 Å². The van der Waals surface area contributed by atoms with Crippen molar-refractivity contribution < 1.29 is 4.79 Å². The van der Waals surface area contributed by atoms with E-state index in [1.165, 1.54) is 10.9 Å². The molecule has 0 radical (unpaired) electrons. The van der Waals surface area contributed by atoms with Gasteiger partial charge in [-0.05, 0) is 24.5 Å². The zero-order valence-electron chi connectivity index (χ0n) is 11.1. The number of hydrogen-bond acceptors (Lipinski definition) is 1. The molecule has 0 saturated carbocycles. The Hall–Kier alpha value is -2.21. The molecule has 0 spiro atoms. The van der Waals surface area contributed by atoms with E-state index in [0.717, 1.165) is 18.4 Å². The van der Waals surface area contributed by atoms with Gasteiger partial charge in [0.2, 0.25) is 5.91 Å². The highest BCUT2D eigenvalue weighted by molar-refractivity contribution is 5.83. The van der Waals surface area contributed by atoms with Crippen LogP contribution in [-0.2, 0) is 11.2 Å². The number of fused-ring (bicyclic) bond motifs is 1. The second kappa shape index (κ2) is 6.10. The number of nitrogens with zero attached hydrogens (tertiary/aromatic N) is 1. The fourth-order valence-electron chi connectivity index (χ4n) is 2.18. The molecule has 1 N–H and O–H groups in total. The van der Waals surface area contributed by atoms with E-state index in [9.17, 15) is 4.79 Å². The average Bonchev–Trinajstić information content (AvgIpc) is 2.82. The first-order valence-corrected chi connectivity index (χ1v) is 6.45. The van der Waals surface area contributed by atoms with Crippen molar-refractivity contribution in [3.8, 4) is 12.3 Å². The summed E-state index contributed by atoms with van der Waals surface area (Å²) in [5.41, 5.74) is 2.41. The lowest BCUT2D eigenvalue weighted by Gasteiger charge is -2.13. The summed E-state index contributed by atoms with van der Waals surface area (Å²) in [4.78, 5) is 16.6. The van der Waals surface area contributed by atoms with Gasteiger partial charge in [0.15, 0.2) is 0 Å². The Morgan fingerprint density at radius 3 is 3.00 bits per heavy atom. The smallest absolute Gasteiger partial charge is 0.223 e. The molecule has 0 aliphatic heterocycles. The Morgan fingerprint density at radius 2 is 2.21 bits per heavy atom. The summed E-state index contributed by atoms with van der Waals surface area (Å²) in [5.74, 6) is 2.59. The maximum absolute atomic E-state index is 11.7. The summed E-state index contributed by atoms with van der Waals surface area (Å²) in [6.45, 7) is 0.381. The lowest BCUT2D eigenvalue weighted by molar-refractivity contribution is -0.129. The number of benzene rings is 1. The molecule has 0 bridgehead atoms. The van der Waals surface area contributed by atoms with E-state index in [1.54, 1.807) is 11.9 Å². The van der Waals surface area contributed by atoms with Gasteiger partial charge in [-0.2, -0.15) is 0 Å². The Balaban J connectivity index is 1.90. The number of terminal acetylenes is 1. The fourth-order valence-corrected chi connectivity index (χ4v) is 2.18. The van der Waals surface area contributed by atoms with Crippen LogP contribution in [0.5, 0.6) is 0 Å². The SMILES string of the molecule is C#CCN(C)C(=O)CCCc1c[nH]c2ccccc12. The van der Waals surface area contributed by atoms with Crippen LogP contribution < -0.4 is 0 Å². The standard InChI is InChI=1S/C16H18N2O/c1-3-11-18(2)16(19)10-6-7-13-12-17-15-9-5-4-8-14(13)15/h1,4-5,8-9,12,17H,6-7,10-11H2,2H3. The number of aromatic nitrogens is 1. The third-order valence-corrected chi connectivity index (χ3v) is 3.27. The van der Waals surface area contributed by atoms with Gasteiger partial charge < -0.3 is 9.88 Å². The molecule has 0 fully saturated rings. The maximum Gasteiger partial charge on any atom is 0.223 e. The minimum Gasteiger partial charge on any atom is -0.361 e. The molecule has 98 valence electrons. The number of amides is 1. The molecule has 3 heteroatoms. The topological polar surface area (TPSA) is 36.1 Å². The van der Waals surface area contributed by atoms with Gasteiger partial charge in [-0.3, -0.25) is 4.79 Å². The number of aryl methyl sites for hydroxylation is 1. The van der Waals surface area contributed by atoms with E-state index in [0.29, 0.717) is 13.0 Å². The Labute approximate surface area is 113 Å². The van der Waals surface area contributed by atoms with Crippen LogP contribution in [0.2, 0.25) is 0 Å². The molecule has 2 rings (SSSR count). The zero-order valence-corrected chi connectivity index (χ0v) is 11.1. The largest absolute Gasteiger partial charge is 0.361 e. The molecule has 2 aromatic rings. The summed E-state index contributed by atoms with van der Waals surface area (Å²) in [6.07, 6.45) is 9.50. The van der Waals surface area contributed by atoms with Gasteiger partial charge in [0, 0.05) is 30.6 Å². The van der Waals surface area contributed by atoms with Crippen LogP contribution in [0.3, 0.4) is 0 Å². The van der Waals surface area contributed by atoms with Crippen molar-refractivity contribution in [2.45, 2.75) is 19.3 Å². The molecule has 1 amide bonds. The third kappa shape index (κ3) is 3.17. The maximum atomic E-state index is 11.7. The lowest BCUT2D eigenvalue weighted by atomic mass is 10.1. The van der Waals surface area contributed by atoms with E-state index < -0.39 is 0 Å². The quantitative estimate of drug-likeness (QED) is 0.818. The Bertz CT molecular complexity index is 606. The zero-order chi connectivity index (χ0) is 13.7. The van der Waals surface area contributed by atoms with E-state index in [-0.39, 0.29) is 5.91 Å². The molecule has 0 saturated heterocycles. The van der Waals surface area contributed by atoms with E-state index in [1.807, 2.05) is 18.3 Å². The fraction of sp³-hybridized carbons (Fsp3) is 0.312. The number of aromatic amines is 1. The molecule has 3 nitrogen and oxygen atoms in total. The van der Waals surface area contributed by atoms with Crippen LogP contribution in [0, 0.1) is 12.3 Å². The second-order valence-corrected chi connectivity index (χ2v) is 4.67. The van der Waals surface area contributed by atoms with Gasteiger partial charge in [0.1, 0.15) is 0 Å². The summed E-state index contributed by atoms with van der Waals surface area (Å²) >= 11 is 0. The molecule has 0 atom stereocenters. The molecule has 1 aromatic carbocycles. The first kappa shape index (κ1) is 13.2. The molecule has 0 aliphatic rings. The summed E-state index contributed by atoms with van der Waals surface area (Å²) in [7, 11) is 1.74. The molecule has 1 aromatic heterocycles. The summed E-state index contributed by atoms with van der Waals surface area (Å²) in [6, 6.07) is 8.21. The van der Waals surface area contributed by atoms with Crippen molar-refractivity contribution in [1.82, 2.24) is 9.88 Å². The van der Waals surface area contributed by atoms with E-state index >= 15 is 0 Å². The van der Waals surface area contributed by atoms with Gasteiger partial charge in [-0.1, -0.05) is 24.1 Å². The van der Waals surface area contributed by atoms with Crippen molar-refractivity contribution in [2.24, 2.45) is 0 Å². The molecule has 0 unspecified atom stereocenters. The monoisotopic (exact) mass is 254 g/mol. The molecular weight excluding hydrogens is 236 g/mol. The van der Waals surface area contributed by atoms with Crippen LogP contribution in [0.4, 0.5) is 0 Å². The van der Waals surface area contributed by atoms with Crippen molar-refractivity contribution in [3.05, 3.63) is 36.0 Å². The predicted octanol–water partition coefficient (Wildman–Crippen LogP) is 2.58. The number of carbonyl (C=O) groups excluding carboxylic acids is 1. The van der Waals surface area contributed by atoms with Crippen LogP contribution in [-0.4, -0.2) is 29.4 Å². The average molecular weight is 254 g/mol. The lowest BCUT2D eigenvalue weighted by Crippen LogP contribution is -2.26. The van der Waals surface area contributed by atoms with Crippen molar-refractivity contribution in [3.63, 3.8) is 0 Å². The van der Waals surface area contributed by atoms with Gasteiger partial charge >= 0.3 is 0 Å². The number of para-hydroxylation sites is 1. The van der Waals surface area contributed by atoms with Gasteiger partial charge in [0.05, 0.1) is 6.54 Å². The summed E-state index contributed by atoms with van der Waals surface area (Å²) in [5, 5.41) is 1.24. The van der Waals surface area contributed by atoms with Crippen molar-refractivity contribution in [1.29, 1.82) is 0 Å². The normalized spacial score (nSPS) is 10.3. The number of hydrogen-bond donors (Lipinski definition) is 1. The minimum atomic E-state index is 0.109. The number of carbonyl (C=O) groups is 1. The van der Waals surface area contributed by atoms with Crippen molar-refractivity contribution >= 4 is 16.8 Å². The Kier molecular flexibility index (Phi) is 4.25. The first-order chi connectivity index (χ1) is 9.22. The third-order valence-electron chi connectivity index (χ3n) is 3.27. The van der Waals surface area contributed by atoms with E-state index in [2.05, 4.69) is 23.0 Å².